The van der Waals surface area contributed by atoms with Crippen LogP contribution in [0.2, 0.25) is 0 Å². The largest absolute Gasteiger partial charge is 0.288 e. The maximum atomic E-state index is 5.31. The molecule has 0 heterocycles. The Labute approximate surface area is 93.0 Å². The van der Waals surface area contributed by atoms with Crippen molar-refractivity contribution < 1.29 is 4.84 Å². The Balaban J connectivity index is 4.09. The second-order valence-electron chi connectivity index (χ2n) is 3.45. The maximum absolute atomic E-state index is 5.31. The van der Waals surface area contributed by atoms with E-state index in [9.17, 15) is 0 Å². The number of hydroxylamine groups is 1. The average Bonchev–Trinajstić information content (AvgIpc) is 2.22. The van der Waals surface area contributed by atoms with Gasteiger partial charge in [-0.15, -0.1) is 0 Å². The van der Waals surface area contributed by atoms with Gasteiger partial charge in [0.2, 0.25) is 0 Å². The second kappa shape index (κ2) is 8.41. The summed E-state index contributed by atoms with van der Waals surface area (Å²) in [4.78, 5) is 9.65. The minimum Gasteiger partial charge on any atom is -0.288 e. The fraction of sp³-hybridized carbons (Fsp3) is 0.818. The molecule has 0 aliphatic rings. The third-order valence-electron chi connectivity index (χ3n) is 1.90. The summed E-state index contributed by atoms with van der Waals surface area (Å²) in [6.45, 7) is 8.82. The van der Waals surface area contributed by atoms with E-state index in [1.54, 1.807) is 7.05 Å². The molecule has 0 radical (unpaired) electrons. The number of hydrazone groups is 1. The molecular weight excluding hydrogens is 190 g/mol. The molecule has 15 heavy (non-hydrogen) atoms. The standard InChI is InChI=1S/C11H23N3O/c1-6-8-12-10(3)11(4)13-14(5)15-9-7-2/h8,10H,6-7,9H2,1-5H3/b12-8?,13-11-. The quantitative estimate of drug-likeness (QED) is 0.481. The topological polar surface area (TPSA) is 37.2 Å². The van der Waals surface area contributed by atoms with Gasteiger partial charge in [0.25, 0.3) is 0 Å². The van der Waals surface area contributed by atoms with Crippen LogP contribution in [0.25, 0.3) is 0 Å². The van der Waals surface area contributed by atoms with Gasteiger partial charge in [-0.25, -0.2) is 0 Å². The Hall–Kier alpha value is -0.900. The molecule has 0 saturated carbocycles. The van der Waals surface area contributed by atoms with Gasteiger partial charge in [0, 0.05) is 0 Å². The highest BCUT2D eigenvalue weighted by atomic mass is 16.7. The van der Waals surface area contributed by atoms with Gasteiger partial charge in [0.15, 0.2) is 0 Å². The highest BCUT2D eigenvalue weighted by Gasteiger charge is 2.03. The van der Waals surface area contributed by atoms with Gasteiger partial charge in [0.05, 0.1) is 25.4 Å². The minimum atomic E-state index is 0.123. The molecule has 4 heteroatoms. The summed E-state index contributed by atoms with van der Waals surface area (Å²) in [5, 5.41) is 5.79. The molecule has 0 aromatic heterocycles. The number of hydrogen-bond donors (Lipinski definition) is 0. The van der Waals surface area contributed by atoms with E-state index in [0.717, 1.165) is 18.6 Å². The van der Waals surface area contributed by atoms with Crippen LogP contribution >= 0.6 is 0 Å². The first-order valence-electron chi connectivity index (χ1n) is 5.55. The van der Waals surface area contributed by atoms with Gasteiger partial charge in [-0.3, -0.25) is 9.83 Å². The van der Waals surface area contributed by atoms with Crippen molar-refractivity contribution in [3.05, 3.63) is 0 Å². The van der Waals surface area contributed by atoms with E-state index in [4.69, 9.17) is 4.84 Å². The van der Waals surface area contributed by atoms with E-state index < -0.39 is 0 Å². The van der Waals surface area contributed by atoms with Crippen molar-refractivity contribution in [1.29, 1.82) is 0 Å². The molecule has 0 spiro atoms. The van der Waals surface area contributed by atoms with Gasteiger partial charge >= 0.3 is 0 Å². The zero-order chi connectivity index (χ0) is 11.7. The normalized spacial score (nSPS) is 14.6. The second-order valence-corrected chi connectivity index (χ2v) is 3.45. The molecule has 0 rings (SSSR count). The Bertz CT molecular complexity index is 214. The van der Waals surface area contributed by atoms with Crippen molar-refractivity contribution in [2.24, 2.45) is 10.1 Å². The van der Waals surface area contributed by atoms with Gasteiger partial charge in [-0.2, -0.15) is 10.3 Å². The molecule has 4 nitrogen and oxygen atoms in total. The predicted molar refractivity (Wildman–Crippen MR) is 65.4 cm³/mol. The van der Waals surface area contributed by atoms with Crippen molar-refractivity contribution in [3.63, 3.8) is 0 Å². The number of nitrogens with zero attached hydrogens (tertiary/aromatic N) is 3. The van der Waals surface area contributed by atoms with Crippen LogP contribution in [-0.2, 0) is 4.84 Å². The smallest absolute Gasteiger partial charge is 0.0864 e. The molecule has 0 amide bonds. The Morgan fingerprint density at radius 2 is 2.13 bits per heavy atom. The summed E-state index contributed by atoms with van der Waals surface area (Å²) in [6.07, 6.45) is 3.86. The Kier molecular flexibility index (Phi) is 7.91. The van der Waals surface area contributed by atoms with E-state index in [0.29, 0.717) is 6.61 Å². The van der Waals surface area contributed by atoms with Gasteiger partial charge in [-0.05, 0) is 32.9 Å². The predicted octanol–water partition coefficient (Wildman–Crippen LogP) is 2.51. The highest BCUT2D eigenvalue weighted by molar-refractivity contribution is 5.87. The van der Waals surface area contributed by atoms with Crippen molar-refractivity contribution in [1.82, 2.24) is 5.17 Å². The Morgan fingerprint density at radius 3 is 2.67 bits per heavy atom. The van der Waals surface area contributed by atoms with Crippen molar-refractivity contribution in [3.8, 4) is 0 Å². The highest BCUT2D eigenvalue weighted by Crippen LogP contribution is 1.97. The third kappa shape index (κ3) is 7.08. The third-order valence-corrected chi connectivity index (χ3v) is 1.90. The van der Waals surface area contributed by atoms with Crippen LogP contribution in [-0.4, -0.2) is 36.8 Å². The van der Waals surface area contributed by atoms with Gasteiger partial charge < -0.3 is 0 Å². The van der Waals surface area contributed by atoms with E-state index in [-0.39, 0.29) is 6.04 Å². The lowest BCUT2D eigenvalue weighted by molar-refractivity contribution is -0.139. The molecule has 0 aromatic rings. The summed E-state index contributed by atoms with van der Waals surface area (Å²) in [6, 6.07) is 0.123. The molecule has 0 saturated heterocycles. The van der Waals surface area contributed by atoms with Crippen molar-refractivity contribution in [2.45, 2.75) is 46.6 Å². The molecule has 0 aromatic carbocycles. The molecule has 0 bridgehead atoms. The minimum absolute atomic E-state index is 0.123. The lowest BCUT2D eigenvalue weighted by atomic mass is 10.2. The summed E-state index contributed by atoms with van der Waals surface area (Å²) >= 11 is 0. The van der Waals surface area contributed by atoms with E-state index >= 15 is 0 Å². The fourth-order valence-electron chi connectivity index (χ4n) is 0.929. The first-order valence-corrected chi connectivity index (χ1v) is 5.55. The van der Waals surface area contributed by atoms with Crippen LogP contribution in [0.3, 0.4) is 0 Å². The van der Waals surface area contributed by atoms with Crippen LogP contribution in [0, 0.1) is 0 Å². The summed E-state index contributed by atoms with van der Waals surface area (Å²) < 4.78 is 0. The molecule has 1 unspecified atom stereocenters. The lowest BCUT2D eigenvalue weighted by Gasteiger charge is -2.14. The first kappa shape index (κ1) is 14.1. The van der Waals surface area contributed by atoms with Crippen LogP contribution in [0.15, 0.2) is 10.1 Å². The molecule has 88 valence electrons. The fourth-order valence-corrected chi connectivity index (χ4v) is 0.929. The van der Waals surface area contributed by atoms with E-state index in [1.165, 1.54) is 5.17 Å². The monoisotopic (exact) mass is 213 g/mol. The molecule has 0 aliphatic carbocycles. The van der Waals surface area contributed by atoms with E-state index in [1.807, 2.05) is 20.1 Å². The van der Waals surface area contributed by atoms with Crippen LogP contribution in [0.5, 0.6) is 0 Å². The van der Waals surface area contributed by atoms with Crippen molar-refractivity contribution >= 4 is 11.9 Å². The van der Waals surface area contributed by atoms with Crippen LogP contribution in [0.4, 0.5) is 0 Å². The molecule has 0 fully saturated rings. The molecular formula is C11H23N3O. The zero-order valence-electron chi connectivity index (χ0n) is 10.5. The zero-order valence-corrected chi connectivity index (χ0v) is 10.5. The molecule has 0 aliphatic heterocycles. The summed E-state index contributed by atoms with van der Waals surface area (Å²) in [5.74, 6) is 0. The number of rotatable bonds is 7. The summed E-state index contributed by atoms with van der Waals surface area (Å²) in [7, 11) is 1.80. The number of hydrogen-bond acceptors (Lipinski definition) is 4. The molecule has 1 atom stereocenters. The SMILES string of the molecule is CCC=NC(C)/C(C)=N\N(C)OCCC. The van der Waals surface area contributed by atoms with Gasteiger partial charge in [0.1, 0.15) is 0 Å². The van der Waals surface area contributed by atoms with Gasteiger partial charge in [-0.1, -0.05) is 13.8 Å². The lowest BCUT2D eigenvalue weighted by Crippen LogP contribution is -2.19. The Morgan fingerprint density at radius 1 is 1.47 bits per heavy atom. The van der Waals surface area contributed by atoms with Crippen molar-refractivity contribution in [2.75, 3.05) is 13.7 Å². The van der Waals surface area contributed by atoms with Crippen LogP contribution in [0.1, 0.15) is 40.5 Å². The van der Waals surface area contributed by atoms with E-state index in [2.05, 4.69) is 23.9 Å². The van der Waals surface area contributed by atoms with Crippen LogP contribution < -0.4 is 0 Å². The number of aliphatic imine (C=N–C) groups is 1. The maximum Gasteiger partial charge on any atom is 0.0864 e. The summed E-state index contributed by atoms with van der Waals surface area (Å²) in [5.41, 5.74) is 0.957. The molecule has 0 N–H and O–H groups in total. The first-order chi connectivity index (χ1) is 7.11. The average molecular weight is 213 g/mol.